The monoisotopic (exact) mass is 342 g/mol. The summed E-state index contributed by atoms with van der Waals surface area (Å²) in [5, 5.41) is 12.2. The average Bonchev–Trinajstić information content (AvgIpc) is 2.77. The van der Waals surface area contributed by atoms with Gasteiger partial charge in [-0.25, -0.2) is 4.68 Å². The molecule has 6 heteroatoms. The molecule has 1 N–H and O–H groups in total. The number of hydrogen-bond donors (Lipinski definition) is 1. The van der Waals surface area contributed by atoms with Crippen LogP contribution in [0.1, 0.15) is 26.5 Å². The number of halogens is 2. The third kappa shape index (κ3) is 3.78. The number of nitrogens with zero attached hydrogens (tertiary/aromatic N) is 3. The van der Waals surface area contributed by atoms with Crippen molar-refractivity contribution in [3.05, 3.63) is 39.6 Å². The van der Waals surface area contributed by atoms with Gasteiger partial charge in [-0.15, -0.1) is 5.10 Å². The standard InChI is InChI=1S/C13H16BrClN4/c1-13(2,3)16-7-10-8-17-18-19(10)12-6-9(15)4-5-11(12)14/h4-6,8,16H,7H2,1-3H3. The summed E-state index contributed by atoms with van der Waals surface area (Å²) < 4.78 is 2.72. The fraction of sp³-hybridized carbons (Fsp3) is 0.385. The van der Waals surface area contributed by atoms with Crippen LogP contribution >= 0.6 is 27.5 Å². The zero-order valence-corrected chi connectivity index (χ0v) is 13.5. The molecule has 102 valence electrons. The lowest BCUT2D eigenvalue weighted by molar-refractivity contribution is 0.418. The lowest BCUT2D eigenvalue weighted by Crippen LogP contribution is -2.35. The normalized spacial score (nSPS) is 11.8. The van der Waals surface area contributed by atoms with E-state index in [1.165, 1.54) is 0 Å². The van der Waals surface area contributed by atoms with E-state index >= 15 is 0 Å². The SMILES string of the molecule is CC(C)(C)NCc1cnnn1-c1cc(Cl)ccc1Br. The van der Waals surface area contributed by atoms with Crippen molar-refractivity contribution in [2.24, 2.45) is 0 Å². The molecule has 0 aliphatic heterocycles. The van der Waals surface area contributed by atoms with Crippen LogP contribution in [-0.4, -0.2) is 20.5 Å². The van der Waals surface area contributed by atoms with Crippen LogP contribution in [0.4, 0.5) is 0 Å². The first-order valence-electron chi connectivity index (χ1n) is 5.97. The van der Waals surface area contributed by atoms with Crippen LogP contribution in [0.5, 0.6) is 0 Å². The molecule has 1 aromatic heterocycles. The van der Waals surface area contributed by atoms with Gasteiger partial charge in [-0.3, -0.25) is 0 Å². The van der Waals surface area contributed by atoms with Gasteiger partial charge in [0.25, 0.3) is 0 Å². The van der Waals surface area contributed by atoms with E-state index in [4.69, 9.17) is 11.6 Å². The number of rotatable bonds is 3. The Morgan fingerprint density at radius 1 is 1.37 bits per heavy atom. The summed E-state index contributed by atoms with van der Waals surface area (Å²) in [5.41, 5.74) is 1.91. The molecule has 1 aromatic carbocycles. The van der Waals surface area contributed by atoms with Crippen LogP contribution in [0.3, 0.4) is 0 Å². The first-order chi connectivity index (χ1) is 8.87. The molecule has 4 nitrogen and oxygen atoms in total. The molecule has 0 bridgehead atoms. The number of benzene rings is 1. The molecule has 0 saturated heterocycles. The Labute approximate surface area is 126 Å². The summed E-state index contributed by atoms with van der Waals surface area (Å²) in [4.78, 5) is 0. The van der Waals surface area contributed by atoms with Crippen molar-refractivity contribution in [2.45, 2.75) is 32.9 Å². The molecule has 0 amide bonds. The predicted molar refractivity (Wildman–Crippen MR) is 80.7 cm³/mol. The number of nitrogens with one attached hydrogen (secondary N) is 1. The lowest BCUT2D eigenvalue weighted by Gasteiger charge is -2.20. The number of hydrogen-bond acceptors (Lipinski definition) is 3. The topological polar surface area (TPSA) is 42.7 Å². The molecule has 2 aromatic rings. The van der Waals surface area contributed by atoms with E-state index in [9.17, 15) is 0 Å². The second-order valence-corrected chi connectivity index (χ2v) is 6.63. The molecular formula is C13H16BrClN4. The van der Waals surface area contributed by atoms with Crippen molar-refractivity contribution >= 4 is 27.5 Å². The van der Waals surface area contributed by atoms with E-state index in [0.717, 1.165) is 15.9 Å². The maximum atomic E-state index is 6.04. The van der Waals surface area contributed by atoms with Crippen LogP contribution in [-0.2, 0) is 6.54 Å². The first-order valence-corrected chi connectivity index (χ1v) is 7.14. The fourth-order valence-corrected chi connectivity index (χ4v) is 2.16. The Kier molecular flexibility index (Phi) is 4.28. The zero-order chi connectivity index (χ0) is 14.0. The third-order valence-electron chi connectivity index (χ3n) is 2.56. The van der Waals surface area contributed by atoms with Gasteiger partial charge < -0.3 is 5.32 Å². The molecule has 1 heterocycles. The molecule has 0 unspecified atom stereocenters. The molecular weight excluding hydrogens is 328 g/mol. The summed E-state index contributed by atoms with van der Waals surface area (Å²) in [6, 6.07) is 5.60. The summed E-state index contributed by atoms with van der Waals surface area (Å²) in [7, 11) is 0. The maximum absolute atomic E-state index is 6.04. The van der Waals surface area contributed by atoms with E-state index in [0.29, 0.717) is 11.6 Å². The van der Waals surface area contributed by atoms with Crippen molar-refractivity contribution in [1.29, 1.82) is 0 Å². The van der Waals surface area contributed by atoms with Gasteiger partial charge in [0.15, 0.2) is 0 Å². The molecule has 0 spiro atoms. The first kappa shape index (κ1) is 14.5. The molecule has 0 radical (unpaired) electrons. The molecule has 19 heavy (non-hydrogen) atoms. The number of aromatic nitrogens is 3. The van der Waals surface area contributed by atoms with Crippen LogP contribution in [0.15, 0.2) is 28.9 Å². The highest BCUT2D eigenvalue weighted by molar-refractivity contribution is 9.10. The van der Waals surface area contributed by atoms with Crippen LogP contribution in [0.2, 0.25) is 5.02 Å². The van der Waals surface area contributed by atoms with Crippen LogP contribution < -0.4 is 5.32 Å². The summed E-state index contributed by atoms with van der Waals surface area (Å²) in [5.74, 6) is 0. The van der Waals surface area contributed by atoms with Gasteiger partial charge in [0.05, 0.1) is 17.6 Å². The lowest BCUT2D eigenvalue weighted by atomic mass is 10.1. The van der Waals surface area contributed by atoms with E-state index in [2.05, 4.69) is 52.3 Å². The van der Waals surface area contributed by atoms with E-state index < -0.39 is 0 Å². The van der Waals surface area contributed by atoms with Gasteiger partial charge in [0.2, 0.25) is 0 Å². The van der Waals surface area contributed by atoms with Gasteiger partial charge in [-0.1, -0.05) is 16.8 Å². The Balaban J connectivity index is 2.31. The van der Waals surface area contributed by atoms with Crippen LogP contribution in [0, 0.1) is 0 Å². The smallest absolute Gasteiger partial charge is 0.0824 e. The molecule has 0 saturated carbocycles. The zero-order valence-electron chi connectivity index (χ0n) is 11.1. The average molecular weight is 344 g/mol. The van der Waals surface area contributed by atoms with Crippen molar-refractivity contribution in [2.75, 3.05) is 0 Å². The van der Waals surface area contributed by atoms with E-state index in [1.807, 2.05) is 18.2 Å². The van der Waals surface area contributed by atoms with Gasteiger partial charge in [-0.05, 0) is 54.9 Å². The largest absolute Gasteiger partial charge is 0.306 e. The fourth-order valence-electron chi connectivity index (χ4n) is 1.58. The minimum Gasteiger partial charge on any atom is -0.306 e. The minimum absolute atomic E-state index is 0.0423. The highest BCUT2D eigenvalue weighted by Crippen LogP contribution is 2.25. The quantitative estimate of drug-likeness (QED) is 0.926. The Morgan fingerprint density at radius 3 is 2.79 bits per heavy atom. The van der Waals surface area contributed by atoms with E-state index in [-0.39, 0.29) is 5.54 Å². The molecule has 0 aliphatic carbocycles. The van der Waals surface area contributed by atoms with Crippen molar-refractivity contribution in [3.8, 4) is 5.69 Å². The second-order valence-electron chi connectivity index (χ2n) is 5.34. The summed E-state index contributed by atoms with van der Waals surface area (Å²) in [6.07, 6.45) is 1.76. The molecule has 0 aliphatic rings. The van der Waals surface area contributed by atoms with Gasteiger partial charge in [-0.2, -0.15) is 0 Å². The molecule has 0 fully saturated rings. The van der Waals surface area contributed by atoms with Gasteiger partial charge in [0, 0.05) is 21.6 Å². The molecule has 0 atom stereocenters. The van der Waals surface area contributed by atoms with Gasteiger partial charge >= 0.3 is 0 Å². The third-order valence-corrected chi connectivity index (χ3v) is 3.46. The van der Waals surface area contributed by atoms with Crippen LogP contribution in [0.25, 0.3) is 5.69 Å². The summed E-state index contributed by atoms with van der Waals surface area (Å²) >= 11 is 9.55. The Bertz CT molecular complexity index is 574. The summed E-state index contributed by atoms with van der Waals surface area (Å²) in [6.45, 7) is 7.05. The maximum Gasteiger partial charge on any atom is 0.0824 e. The van der Waals surface area contributed by atoms with Crippen molar-refractivity contribution < 1.29 is 0 Å². The highest BCUT2D eigenvalue weighted by atomic mass is 79.9. The molecule has 2 rings (SSSR count). The van der Waals surface area contributed by atoms with Crippen molar-refractivity contribution in [1.82, 2.24) is 20.3 Å². The van der Waals surface area contributed by atoms with Gasteiger partial charge in [0.1, 0.15) is 0 Å². The van der Waals surface area contributed by atoms with Crippen molar-refractivity contribution in [3.63, 3.8) is 0 Å². The second kappa shape index (κ2) is 5.61. The Hall–Kier alpha value is -0.910. The van der Waals surface area contributed by atoms with E-state index in [1.54, 1.807) is 10.9 Å². The predicted octanol–water partition coefficient (Wildman–Crippen LogP) is 3.57. The highest BCUT2D eigenvalue weighted by Gasteiger charge is 2.13. The Morgan fingerprint density at radius 2 is 2.11 bits per heavy atom. The minimum atomic E-state index is 0.0423.